The molecule has 1 rings (SSSR count). The molecule has 0 aromatic carbocycles. The lowest BCUT2D eigenvalue weighted by molar-refractivity contribution is -0.118. The second-order valence-corrected chi connectivity index (χ2v) is 3.60. The van der Waals surface area contributed by atoms with Gasteiger partial charge in [-0.2, -0.15) is 4.98 Å². The summed E-state index contributed by atoms with van der Waals surface area (Å²) >= 11 is 0. The number of hydrogen-bond donors (Lipinski definition) is 3. The van der Waals surface area contributed by atoms with Crippen molar-refractivity contribution in [1.29, 1.82) is 0 Å². The van der Waals surface area contributed by atoms with Gasteiger partial charge in [-0.25, -0.2) is 4.98 Å². The summed E-state index contributed by atoms with van der Waals surface area (Å²) in [6, 6.07) is 1.80. The summed E-state index contributed by atoms with van der Waals surface area (Å²) < 4.78 is 0. The molecule has 1 heterocycles. The Morgan fingerprint density at radius 3 is 2.82 bits per heavy atom. The van der Waals surface area contributed by atoms with Crippen LogP contribution in [0.3, 0.4) is 0 Å². The molecule has 0 spiro atoms. The lowest BCUT2D eigenvalue weighted by Gasteiger charge is -2.07. The quantitative estimate of drug-likeness (QED) is 0.613. The summed E-state index contributed by atoms with van der Waals surface area (Å²) in [5.74, 6) is 1.35. The van der Waals surface area contributed by atoms with Crippen LogP contribution in [0.1, 0.15) is 20.3 Å². The van der Waals surface area contributed by atoms with Crippen LogP contribution in [0.4, 0.5) is 11.8 Å². The predicted molar refractivity (Wildman–Crippen MR) is 68.0 cm³/mol. The Morgan fingerprint density at radius 1 is 1.29 bits per heavy atom. The molecular weight excluding hydrogens is 218 g/mol. The molecule has 6 nitrogen and oxygen atoms in total. The minimum atomic E-state index is -0.0280. The number of nitrogens with zero attached hydrogens (tertiary/aromatic N) is 2. The van der Waals surface area contributed by atoms with Gasteiger partial charge < -0.3 is 16.0 Å². The third-order valence-corrected chi connectivity index (χ3v) is 1.99. The van der Waals surface area contributed by atoms with Gasteiger partial charge in [-0.05, 0) is 12.5 Å². The van der Waals surface area contributed by atoms with Gasteiger partial charge in [0.15, 0.2) is 0 Å². The molecule has 0 saturated carbocycles. The number of aromatic nitrogens is 2. The Labute approximate surface area is 101 Å². The van der Waals surface area contributed by atoms with Crippen LogP contribution in [0.5, 0.6) is 0 Å². The van der Waals surface area contributed by atoms with Crippen molar-refractivity contribution in [2.24, 2.45) is 0 Å². The van der Waals surface area contributed by atoms with E-state index in [1.165, 1.54) is 6.92 Å². The first-order valence-electron chi connectivity index (χ1n) is 5.77. The fourth-order valence-electron chi connectivity index (χ4n) is 1.21. The summed E-state index contributed by atoms with van der Waals surface area (Å²) in [5.41, 5.74) is 0. The molecule has 0 aliphatic heterocycles. The molecule has 0 saturated heterocycles. The maximum atomic E-state index is 10.7. The van der Waals surface area contributed by atoms with Crippen LogP contribution in [0.25, 0.3) is 0 Å². The van der Waals surface area contributed by atoms with Gasteiger partial charge in [-0.3, -0.25) is 4.79 Å². The highest BCUT2D eigenvalue weighted by Gasteiger charge is 1.97. The molecule has 0 aliphatic carbocycles. The molecule has 3 N–H and O–H groups in total. The van der Waals surface area contributed by atoms with Crippen LogP contribution in [-0.2, 0) is 4.79 Å². The fraction of sp³-hybridized carbons (Fsp3) is 0.545. The van der Waals surface area contributed by atoms with E-state index in [2.05, 4.69) is 32.8 Å². The van der Waals surface area contributed by atoms with Crippen LogP contribution in [0.2, 0.25) is 0 Å². The maximum Gasteiger partial charge on any atom is 0.224 e. The Hall–Kier alpha value is -1.85. The van der Waals surface area contributed by atoms with Crippen molar-refractivity contribution in [3.8, 4) is 0 Å². The number of carbonyl (C=O) groups is 1. The minimum Gasteiger partial charge on any atom is -0.368 e. The van der Waals surface area contributed by atoms with E-state index in [0.717, 1.165) is 18.8 Å². The topological polar surface area (TPSA) is 78.9 Å². The summed E-state index contributed by atoms with van der Waals surface area (Å²) in [6.45, 7) is 5.66. The molecule has 0 fully saturated rings. The van der Waals surface area contributed by atoms with Crippen molar-refractivity contribution in [1.82, 2.24) is 15.3 Å². The predicted octanol–water partition coefficient (Wildman–Crippen LogP) is 0.846. The first-order valence-corrected chi connectivity index (χ1v) is 5.77. The SMILES string of the molecule is CCCNc1nccc(NCCNC(C)=O)n1. The van der Waals surface area contributed by atoms with Crippen molar-refractivity contribution in [2.45, 2.75) is 20.3 Å². The lowest BCUT2D eigenvalue weighted by Crippen LogP contribution is -2.26. The van der Waals surface area contributed by atoms with Crippen molar-refractivity contribution < 1.29 is 4.79 Å². The number of rotatable bonds is 7. The molecule has 0 radical (unpaired) electrons. The van der Waals surface area contributed by atoms with Crippen molar-refractivity contribution >= 4 is 17.7 Å². The molecular formula is C11H19N5O. The molecule has 0 aliphatic rings. The van der Waals surface area contributed by atoms with Crippen molar-refractivity contribution in [2.75, 3.05) is 30.3 Å². The van der Waals surface area contributed by atoms with Gasteiger partial charge in [0.2, 0.25) is 11.9 Å². The Bertz CT molecular complexity index is 355. The summed E-state index contributed by atoms with van der Waals surface area (Å²) in [4.78, 5) is 19.0. The van der Waals surface area contributed by atoms with Gasteiger partial charge in [0.25, 0.3) is 0 Å². The van der Waals surface area contributed by atoms with E-state index in [1.807, 2.05) is 0 Å². The summed E-state index contributed by atoms with van der Waals surface area (Å²) in [6.07, 6.45) is 2.73. The fourth-order valence-corrected chi connectivity index (χ4v) is 1.21. The zero-order chi connectivity index (χ0) is 12.5. The van der Waals surface area contributed by atoms with Gasteiger partial charge >= 0.3 is 0 Å². The van der Waals surface area contributed by atoms with Crippen molar-refractivity contribution in [3.05, 3.63) is 12.3 Å². The molecule has 0 atom stereocenters. The molecule has 1 aromatic heterocycles. The molecule has 17 heavy (non-hydrogen) atoms. The first kappa shape index (κ1) is 13.2. The van der Waals surface area contributed by atoms with E-state index >= 15 is 0 Å². The molecule has 1 aromatic rings. The number of anilines is 2. The third-order valence-electron chi connectivity index (χ3n) is 1.99. The normalized spacial score (nSPS) is 9.76. The van der Waals surface area contributed by atoms with Gasteiger partial charge in [0.05, 0.1) is 0 Å². The van der Waals surface area contributed by atoms with Crippen LogP contribution in [-0.4, -0.2) is 35.5 Å². The zero-order valence-corrected chi connectivity index (χ0v) is 10.3. The Balaban J connectivity index is 2.34. The van der Waals surface area contributed by atoms with Crippen LogP contribution in [0, 0.1) is 0 Å². The van der Waals surface area contributed by atoms with Gasteiger partial charge in [0, 0.05) is 32.8 Å². The average molecular weight is 237 g/mol. The van der Waals surface area contributed by atoms with Crippen LogP contribution < -0.4 is 16.0 Å². The van der Waals surface area contributed by atoms with E-state index < -0.39 is 0 Å². The Morgan fingerprint density at radius 2 is 2.12 bits per heavy atom. The standard InChI is InChI=1S/C11H19N5O/c1-3-5-14-11-15-6-4-10(16-11)13-8-7-12-9(2)17/h4,6H,3,5,7-8H2,1-2H3,(H,12,17)(H2,13,14,15,16). The number of nitrogens with one attached hydrogen (secondary N) is 3. The van der Waals surface area contributed by atoms with E-state index in [1.54, 1.807) is 12.3 Å². The lowest BCUT2D eigenvalue weighted by atomic mass is 10.5. The van der Waals surface area contributed by atoms with Crippen molar-refractivity contribution in [3.63, 3.8) is 0 Å². The number of amides is 1. The van der Waals surface area contributed by atoms with Crippen LogP contribution >= 0.6 is 0 Å². The van der Waals surface area contributed by atoms with E-state index in [4.69, 9.17) is 0 Å². The Kier molecular flexibility index (Phi) is 5.77. The third kappa shape index (κ3) is 5.70. The molecule has 0 unspecified atom stereocenters. The second-order valence-electron chi connectivity index (χ2n) is 3.60. The smallest absolute Gasteiger partial charge is 0.224 e. The number of carbonyl (C=O) groups excluding carboxylic acids is 1. The zero-order valence-electron chi connectivity index (χ0n) is 10.3. The molecule has 1 amide bonds. The highest BCUT2D eigenvalue weighted by Crippen LogP contribution is 2.04. The largest absolute Gasteiger partial charge is 0.368 e. The molecule has 6 heteroatoms. The monoisotopic (exact) mass is 237 g/mol. The van der Waals surface area contributed by atoms with Gasteiger partial charge in [-0.1, -0.05) is 6.92 Å². The maximum absolute atomic E-state index is 10.7. The number of hydrogen-bond acceptors (Lipinski definition) is 5. The summed E-state index contributed by atoms with van der Waals surface area (Å²) in [7, 11) is 0. The highest BCUT2D eigenvalue weighted by atomic mass is 16.1. The van der Waals surface area contributed by atoms with Crippen LogP contribution in [0.15, 0.2) is 12.3 Å². The van der Waals surface area contributed by atoms with E-state index in [0.29, 0.717) is 19.0 Å². The van der Waals surface area contributed by atoms with Gasteiger partial charge in [0.1, 0.15) is 5.82 Å². The highest BCUT2D eigenvalue weighted by molar-refractivity contribution is 5.72. The van der Waals surface area contributed by atoms with E-state index in [-0.39, 0.29) is 5.91 Å². The molecule has 0 bridgehead atoms. The van der Waals surface area contributed by atoms with E-state index in [9.17, 15) is 4.79 Å². The molecule has 94 valence electrons. The first-order chi connectivity index (χ1) is 8.22. The summed E-state index contributed by atoms with van der Waals surface area (Å²) in [5, 5.41) is 8.93. The second kappa shape index (κ2) is 7.43. The minimum absolute atomic E-state index is 0.0280. The average Bonchev–Trinajstić information content (AvgIpc) is 2.32. The van der Waals surface area contributed by atoms with Gasteiger partial charge in [-0.15, -0.1) is 0 Å².